The summed E-state index contributed by atoms with van der Waals surface area (Å²) in [7, 11) is 0. The van der Waals surface area contributed by atoms with E-state index in [9.17, 15) is 8.78 Å². The molecule has 2 aromatic carbocycles. The first kappa shape index (κ1) is 12.4. The summed E-state index contributed by atoms with van der Waals surface area (Å²) in [6.45, 7) is 0.532. The number of nitrogens with two attached hydrogens (primary N) is 1. The molecule has 3 N–H and O–H groups in total. The van der Waals surface area contributed by atoms with Gasteiger partial charge in [0.15, 0.2) is 0 Å². The summed E-state index contributed by atoms with van der Waals surface area (Å²) >= 11 is 0. The zero-order valence-electron chi connectivity index (χ0n) is 9.79. The minimum absolute atomic E-state index is 0.258. The maximum Gasteiger partial charge on any atom is 0.148 e. The molecule has 0 unspecified atom stereocenters. The fourth-order valence-corrected chi connectivity index (χ4v) is 1.71. The van der Waals surface area contributed by atoms with E-state index in [2.05, 4.69) is 5.32 Å². The average molecular weight is 248 g/mol. The molecule has 0 aliphatic rings. The topological polar surface area (TPSA) is 38.0 Å². The van der Waals surface area contributed by atoms with E-state index in [1.165, 1.54) is 18.2 Å². The van der Waals surface area contributed by atoms with Gasteiger partial charge in [-0.15, -0.1) is 0 Å². The van der Waals surface area contributed by atoms with E-state index in [0.29, 0.717) is 24.3 Å². The van der Waals surface area contributed by atoms with Crippen LogP contribution < -0.4 is 11.1 Å². The molecule has 0 aliphatic heterocycles. The Bertz CT molecular complexity index is 541. The number of hydrogen-bond donors (Lipinski definition) is 2. The van der Waals surface area contributed by atoms with Crippen molar-refractivity contribution in [3.8, 4) is 0 Å². The van der Waals surface area contributed by atoms with Crippen LogP contribution in [0.2, 0.25) is 0 Å². The lowest BCUT2D eigenvalue weighted by molar-refractivity contribution is 0.624. The van der Waals surface area contributed by atoms with E-state index < -0.39 is 0 Å². The predicted octanol–water partition coefficient (Wildman–Crippen LogP) is 3.20. The van der Waals surface area contributed by atoms with Gasteiger partial charge in [-0.1, -0.05) is 12.1 Å². The first-order valence-electron chi connectivity index (χ1n) is 5.68. The fraction of sp³-hybridized carbons (Fsp3) is 0.143. The van der Waals surface area contributed by atoms with Crippen LogP contribution in [0.5, 0.6) is 0 Å². The van der Waals surface area contributed by atoms with Crippen molar-refractivity contribution >= 4 is 11.4 Å². The van der Waals surface area contributed by atoms with Crippen LogP contribution in [0.1, 0.15) is 5.56 Å². The molecule has 0 saturated carbocycles. The van der Waals surface area contributed by atoms with Gasteiger partial charge >= 0.3 is 0 Å². The summed E-state index contributed by atoms with van der Waals surface area (Å²) in [6.07, 6.45) is 0.627. The van der Waals surface area contributed by atoms with Gasteiger partial charge < -0.3 is 11.1 Å². The molecule has 94 valence electrons. The number of nitrogen functional groups attached to an aromatic ring is 1. The Labute approximate surface area is 104 Å². The largest absolute Gasteiger partial charge is 0.399 e. The predicted molar refractivity (Wildman–Crippen MR) is 69.4 cm³/mol. The van der Waals surface area contributed by atoms with Crippen LogP contribution in [0.25, 0.3) is 0 Å². The van der Waals surface area contributed by atoms with Gasteiger partial charge in [0.2, 0.25) is 0 Å². The molecular weight excluding hydrogens is 234 g/mol. The number of halogens is 2. The highest BCUT2D eigenvalue weighted by Crippen LogP contribution is 2.16. The molecule has 0 saturated heterocycles. The molecule has 2 rings (SSSR count). The Morgan fingerprint density at radius 3 is 2.61 bits per heavy atom. The van der Waals surface area contributed by atoms with E-state index in [1.807, 2.05) is 6.07 Å². The summed E-state index contributed by atoms with van der Waals surface area (Å²) in [5, 5.41) is 2.96. The average Bonchev–Trinajstić information content (AvgIpc) is 2.32. The first-order chi connectivity index (χ1) is 8.65. The Balaban J connectivity index is 1.92. The fourth-order valence-electron chi connectivity index (χ4n) is 1.71. The van der Waals surface area contributed by atoms with Crippen molar-refractivity contribution in [2.75, 3.05) is 17.6 Å². The van der Waals surface area contributed by atoms with Crippen LogP contribution in [0.15, 0.2) is 42.5 Å². The molecule has 2 aromatic rings. The quantitative estimate of drug-likeness (QED) is 0.815. The molecule has 0 aromatic heterocycles. The molecule has 0 bridgehead atoms. The number of anilines is 2. The maximum atomic E-state index is 13.4. The van der Waals surface area contributed by atoms with Crippen LogP contribution >= 0.6 is 0 Å². The van der Waals surface area contributed by atoms with Crippen LogP contribution in [0.3, 0.4) is 0 Å². The maximum absolute atomic E-state index is 13.4. The minimum atomic E-state index is -0.380. The monoisotopic (exact) mass is 248 g/mol. The highest BCUT2D eigenvalue weighted by molar-refractivity contribution is 5.52. The van der Waals surface area contributed by atoms with E-state index in [0.717, 1.165) is 5.56 Å². The highest BCUT2D eigenvalue weighted by atomic mass is 19.1. The van der Waals surface area contributed by atoms with Crippen molar-refractivity contribution in [2.45, 2.75) is 6.42 Å². The van der Waals surface area contributed by atoms with Crippen LogP contribution in [-0.4, -0.2) is 6.54 Å². The zero-order chi connectivity index (χ0) is 13.0. The van der Waals surface area contributed by atoms with Gasteiger partial charge in [0.05, 0.1) is 5.69 Å². The molecule has 0 fully saturated rings. The number of rotatable bonds is 4. The van der Waals surface area contributed by atoms with Crippen LogP contribution in [0, 0.1) is 11.6 Å². The molecule has 0 aliphatic carbocycles. The molecule has 0 radical (unpaired) electrons. The smallest absolute Gasteiger partial charge is 0.148 e. The third-order valence-corrected chi connectivity index (χ3v) is 2.61. The standard InChI is InChI=1S/C14H14F2N2/c15-11-3-1-2-10(8-11)6-7-18-14-5-4-12(17)9-13(14)16/h1-5,8-9,18H,6-7,17H2. The lowest BCUT2D eigenvalue weighted by Gasteiger charge is -2.08. The Hall–Kier alpha value is -2.10. The van der Waals surface area contributed by atoms with Gasteiger partial charge in [0.1, 0.15) is 11.6 Å². The Morgan fingerprint density at radius 1 is 1.06 bits per heavy atom. The molecule has 4 heteroatoms. The van der Waals surface area contributed by atoms with E-state index >= 15 is 0 Å². The van der Waals surface area contributed by atoms with Crippen molar-refractivity contribution in [3.63, 3.8) is 0 Å². The summed E-state index contributed by atoms with van der Waals surface area (Å²) in [6, 6.07) is 10.9. The third-order valence-electron chi connectivity index (χ3n) is 2.61. The van der Waals surface area contributed by atoms with Gasteiger partial charge in [-0.2, -0.15) is 0 Å². The molecular formula is C14H14F2N2. The van der Waals surface area contributed by atoms with Crippen molar-refractivity contribution in [1.82, 2.24) is 0 Å². The SMILES string of the molecule is Nc1ccc(NCCc2cccc(F)c2)c(F)c1. The molecule has 0 atom stereocenters. The third kappa shape index (κ3) is 3.20. The van der Waals surface area contributed by atoms with Crippen molar-refractivity contribution in [3.05, 3.63) is 59.7 Å². The Morgan fingerprint density at radius 2 is 1.89 bits per heavy atom. The second-order valence-electron chi connectivity index (χ2n) is 4.05. The lowest BCUT2D eigenvalue weighted by atomic mass is 10.1. The summed E-state index contributed by atoms with van der Waals surface area (Å²) in [5.41, 5.74) is 7.12. The van der Waals surface area contributed by atoms with Gasteiger partial charge in [0, 0.05) is 12.2 Å². The normalized spacial score (nSPS) is 10.3. The molecule has 0 amide bonds. The van der Waals surface area contributed by atoms with Gasteiger partial charge in [-0.25, -0.2) is 8.78 Å². The van der Waals surface area contributed by atoms with Gasteiger partial charge in [-0.05, 0) is 42.3 Å². The van der Waals surface area contributed by atoms with E-state index in [-0.39, 0.29) is 11.6 Å². The molecule has 0 heterocycles. The molecule has 2 nitrogen and oxygen atoms in total. The number of hydrogen-bond acceptors (Lipinski definition) is 2. The van der Waals surface area contributed by atoms with Gasteiger partial charge in [-0.3, -0.25) is 0 Å². The van der Waals surface area contributed by atoms with Crippen LogP contribution in [-0.2, 0) is 6.42 Å². The summed E-state index contributed by atoms with van der Waals surface area (Å²) in [4.78, 5) is 0. The van der Waals surface area contributed by atoms with Crippen LogP contribution in [0.4, 0.5) is 20.2 Å². The van der Waals surface area contributed by atoms with E-state index in [4.69, 9.17) is 5.73 Å². The number of benzene rings is 2. The first-order valence-corrected chi connectivity index (χ1v) is 5.68. The summed E-state index contributed by atoms with van der Waals surface area (Å²) in [5.74, 6) is -0.639. The molecule has 0 spiro atoms. The van der Waals surface area contributed by atoms with Gasteiger partial charge in [0.25, 0.3) is 0 Å². The second kappa shape index (κ2) is 5.49. The van der Waals surface area contributed by atoms with E-state index in [1.54, 1.807) is 18.2 Å². The van der Waals surface area contributed by atoms with Crippen molar-refractivity contribution < 1.29 is 8.78 Å². The van der Waals surface area contributed by atoms with Crippen molar-refractivity contribution in [1.29, 1.82) is 0 Å². The number of nitrogens with one attached hydrogen (secondary N) is 1. The lowest BCUT2D eigenvalue weighted by Crippen LogP contribution is -2.06. The molecule has 18 heavy (non-hydrogen) atoms. The Kier molecular flexibility index (Phi) is 3.77. The summed E-state index contributed by atoms with van der Waals surface area (Å²) < 4.78 is 26.4. The highest BCUT2D eigenvalue weighted by Gasteiger charge is 2.01. The van der Waals surface area contributed by atoms with Crippen molar-refractivity contribution in [2.24, 2.45) is 0 Å². The second-order valence-corrected chi connectivity index (χ2v) is 4.05. The minimum Gasteiger partial charge on any atom is -0.399 e. The zero-order valence-corrected chi connectivity index (χ0v) is 9.79.